The van der Waals surface area contributed by atoms with Gasteiger partial charge in [0, 0.05) is 0 Å². The standard InChI is InChI=1S/C14H24O4S2/c15-13(11-19-7-1-2-8-19)17-5-6-18-14(16)12-20-9-3-4-10-20/h1-12H2/q+2. The summed E-state index contributed by atoms with van der Waals surface area (Å²) in [6.45, 7) is 0.408. The predicted octanol–water partition coefficient (Wildman–Crippen LogP) is 0.897. The van der Waals surface area contributed by atoms with Crippen molar-refractivity contribution in [3.63, 3.8) is 0 Å². The maximum Gasteiger partial charge on any atom is 0.356 e. The molecule has 0 radical (unpaired) electrons. The molecule has 2 rings (SSSR count). The van der Waals surface area contributed by atoms with E-state index in [0.29, 0.717) is 11.5 Å². The average Bonchev–Trinajstić information content (AvgIpc) is 3.08. The van der Waals surface area contributed by atoms with Crippen molar-refractivity contribution in [2.24, 2.45) is 0 Å². The maximum absolute atomic E-state index is 11.6. The van der Waals surface area contributed by atoms with Crippen LogP contribution in [0.25, 0.3) is 0 Å². The van der Waals surface area contributed by atoms with Gasteiger partial charge in [0.25, 0.3) is 0 Å². The Bertz CT molecular complexity index is 291. The summed E-state index contributed by atoms with van der Waals surface area (Å²) in [6, 6.07) is 0. The minimum absolute atomic E-state index is 0.135. The Morgan fingerprint density at radius 3 is 1.40 bits per heavy atom. The molecule has 4 nitrogen and oxygen atoms in total. The smallest absolute Gasteiger partial charge is 0.356 e. The molecule has 20 heavy (non-hydrogen) atoms. The van der Waals surface area contributed by atoms with Crippen molar-refractivity contribution in [3.05, 3.63) is 0 Å². The van der Waals surface area contributed by atoms with Crippen LogP contribution >= 0.6 is 0 Å². The number of esters is 2. The summed E-state index contributed by atoms with van der Waals surface area (Å²) >= 11 is 0. The van der Waals surface area contributed by atoms with Gasteiger partial charge in [0.1, 0.15) is 36.2 Å². The lowest BCUT2D eigenvalue weighted by molar-refractivity contribution is -0.148. The van der Waals surface area contributed by atoms with Crippen molar-refractivity contribution in [3.8, 4) is 0 Å². The van der Waals surface area contributed by atoms with Crippen molar-refractivity contribution in [2.75, 3.05) is 47.7 Å². The Morgan fingerprint density at radius 1 is 0.700 bits per heavy atom. The summed E-state index contributed by atoms with van der Waals surface area (Å²) in [5.74, 6) is 5.53. The van der Waals surface area contributed by atoms with Crippen LogP contribution in [-0.2, 0) is 40.9 Å². The molecule has 2 heterocycles. The van der Waals surface area contributed by atoms with E-state index >= 15 is 0 Å². The third-order valence-corrected chi connectivity index (χ3v) is 8.24. The number of hydrogen-bond acceptors (Lipinski definition) is 4. The van der Waals surface area contributed by atoms with Gasteiger partial charge in [-0.25, -0.2) is 9.59 Å². The highest BCUT2D eigenvalue weighted by molar-refractivity contribution is 7.97. The van der Waals surface area contributed by atoms with Crippen LogP contribution in [0.2, 0.25) is 0 Å². The average molecular weight is 320 g/mol. The molecule has 0 aromatic carbocycles. The van der Waals surface area contributed by atoms with Crippen molar-refractivity contribution in [1.29, 1.82) is 0 Å². The predicted molar refractivity (Wildman–Crippen MR) is 84.3 cm³/mol. The van der Waals surface area contributed by atoms with Crippen LogP contribution in [0.5, 0.6) is 0 Å². The van der Waals surface area contributed by atoms with E-state index in [1.807, 2.05) is 0 Å². The number of carbonyl (C=O) groups is 2. The van der Waals surface area contributed by atoms with E-state index in [0.717, 1.165) is 0 Å². The van der Waals surface area contributed by atoms with Gasteiger partial charge in [-0.05, 0) is 47.5 Å². The molecule has 2 aliphatic rings. The SMILES string of the molecule is O=C(C[S+]1CCCC1)OCCOC(=O)C[S+]1CCCC1. The van der Waals surface area contributed by atoms with E-state index in [9.17, 15) is 9.59 Å². The zero-order valence-corrected chi connectivity index (χ0v) is 13.6. The molecule has 2 fully saturated rings. The second-order valence-electron chi connectivity index (χ2n) is 5.19. The molecule has 2 saturated heterocycles. The molecule has 2 aliphatic heterocycles. The van der Waals surface area contributed by atoms with Gasteiger partial charge >= 0.3 is 11.9 Å². The van der Waals surface area contributed by atoms with E-state index in [-0.39, 0.29) is 46.9 Å². The molecule has 0 N–H and O–H groups in total. The highest BCUT2D eigenvalue weighted by atomic mass is 32.2. The quantitative estimate of drug-likeness (QED) is 0.397. The zero-order chi connectivity index (χ0) is 14.2. The summed E-state index contributed by atoms with van der Waals surface area (Å²) in [6.07, 6.45) is 4.98. The molecular formula is C14H24O4S2+2. The number of hydrogen-bond donors (Lipinski definition) is 0. The van der Waals surface area contributed by atoms with E-state index in [1.165, 1.54) is 48.7 Å². The first-order chi connectivity index (χ1) is 9.74. The second-order valence-corrected chi connectivity index (χ2v) is 9.84. The van der Waals surface area contributed by atoms with E-state index in [1.54, 1.807) is 0 Å². The molecule has 0 unspecified atom stereocenters. The lowest BCUT2D eigenvalue weighted by atomic mass is 10.4. The fourth-order valence-corrected chi connectivity index (χ4v) is 6.71. The van der Waals surface area contributed by atoms with E-state index in [2.05, 4.69) is 0 Å². The van der Waals surface area contributed by atoms with Crippen LogP contribution in [0.15, 0.2) is 0 Å². The third-order valence-electron chi connectivity index (χ3n) is 3.49. The van der Waals surface area contributed by atoms with Crippen molar-refractivity contribution in [2.45, 2.75) is 25.7 Å². The number of carbonyl (C=O) groups excluding carboxylic acids is 2. The van der Waals surface area contributed by atoms with Gasteiger partial charge < -0.3 is 9.47 Å². The first kappa shape index (κ1) is 16.0. The number of ether oxygens (including phenoxy) is 2. The molecule has 0 saturated carbocycles. The Morgan fingerprint density at radius 2 is 1.05 bits per heavy atom. The number of rotatable bonds is 7. The molecule has 0 aliphatic carbocycles. The summed E-state index contributed by atoms with van der Waals surface area (Å²) < 4.78 is 10.2. The van der Waals surface area contributed by atoms with Crippen LogP contribution < -0.4 is 0 Å². The van der Waals surface area contributed by atoms with E-state index < -0.39 is 0 Å². The Kier molecular flexibility index (Phi) is 7.07. The van der Waals surface area contributed by atoms with Crippen molar-refractivity contribution >= 4 is 33.7 Å². The van der Waals surface area contributed by atoms with Gasteiger partial charge in [-0.3, -0.25) is 0 Å². The van der Waals surface area contributed by atoms with E-state index in [4.69, 9.17) is 9.47 Å². The lowest BCUT2D eigenvalue weighted by Crippen LogP contribution is -2.24. The molecule has 0 bridgehead atoms. The highest BCUT2D eigenvalue weighted by Gasteiger charge is 2.29. The summed E-state index contributed by atoms with van der Waals surface area (Å²) in [7, 11) is 0.488. The molecular weight excluding hydrogens is 296 g/mol. The fraction of sp³-hybridized carbons (Fsp3) is 0.857. The topological polar surface area (TPSA) is 52.6 Å². The largest absolute Gasteiger partial charge is 0.459 e. The molecule has 0 atom stereocenters. The van der Waals surface area contributed by atoms with Gasteiger partial charge in [-0.1, -0.05) is 0 Å². The third kappa shape index (κ3) is 5.95. The molecule has 0 aromatic heterocycles. The first-order valence-electron chi connectivity index (χ1n) is 7.33. The summed E-state index contributed by atoms with van der Waals surface area (Å²) in [5.41, 5.74) is 0. The zero-order valence-electron chi connectivity index (χ0n) is 11.9. The van der Waals surface area contributed by atoms with Crippen molar-refractivity contribution < 1.29 is 19.1 Å². The molecule has 0 amide bonds. The lowest BCUT2D eigenvalue weighted by Gasteiger charge is -2.06. The summed E-state index contributed by atoms with van der Waals surface area (Å²) in [4.78, 5) is 23.1. The monoisotopic (exact) mass is 320 g/mol. The Balaban J connectivity index is 1.47. The minimum atomic E-state index is -0.135. The molecule has 0 aromatic rings. The van der Waals surface area contributed by atoms with Gasteiger partial charge in [-0.2, -0.15) is 0 Å². The summed E-state index contributed by atoms with van der Waals surface area (Å²) in [5, 5.41) is 0. The Labute approximate surface area is 126 Å². The van der Waals surface area contributed by atoms with Crippen LogP contribution in [0.3, 0.4) is 0 Å². The van der Waals surface area contributed by atoms with Crippen LogP contribution in [-0.4, -0.2) is 59.7 Å². The van der Waals surface area contributed by atoms with Gasteiger partial charge in [0.2, 0.25) is 11.5 Å². The van der Waals surface area contributed by atoms with Crippen LogP contribution in [0, 0.1) is 0 Å². The Hall–Kier alpha value is -0.360. The molecule has 0 spiro atoms. The minimum Gasteiger partial charge on any atom is -0.459 e. The fourth-order valence-electron chi connectivity index (χ4n) is 2.45. The molecule has 114 valence electrons. The molecule has 6 heteroatoms. The normalized spacial score (nSPS) is 20.2. The maximum atomic E-state index is 11.6. The van der Waals surface area contributed by atoms with Gasteiger partial charge in [0.05, 0.1) is 0 Å². The van der Waals surface area contributed by atoms with Gasteiger partial charge in [0.15, 0.2) is 0 Å². The highest BCUT2D eigenvalue weighted by Crippen LogP contribution is 2.14. The van der Waals surface area contributed by atoms with Crippen LogP contribution in [0.4, 0.5) is 0 Å². The second kappa shape index (κ2) is 8.82. The van der Waals surface area contributed by atoms with Crippen molar-refractivity contribution in [1.82, 2.24) is 0 Å². The van der Waals surface area contributed by atoms with Crippen LogP contribution in [0.1, 0.15) is 25.7 Å². The first-order valence-corrected chi connectivity index (χ1v) is 10.8. The van der Waals surface area contributed by atoms with Gasteiger partial charge in [-0.15, -0.1) is 0 Å².